The van der Waals surface area contributed by atoms with Crippen LogP contribution in [0.5, 0.6) is 0 Å². The fourth-order valence-corrected chi connectivity index (χ4v) is 2.85. The predicted octanol–water partition coefficient (Wildman–Crippen LogP) is -2.61. The van der Waals surface area contributed by atoms with Crippen molar-refractivity contribution in [2.75, 3.05) is 24.4 Å². The minimum atomic E-state index is -1.52. The van der Waals surface area contributed by atoms with Crippen molar-refractivity contribution in [1.82, 2.24) is 16.0 Å². The lowest BCUT2D eigenvalue weighted by Crippen LogP contribution is -2.58. The van der Waals surface area contributed by atoms with E-state index in [0.717, 1.165) is 0 Å². The Hall–Kier alpha value is -2.03. The maximum Gasteiger partial charge on any atom is 0.327 e. The van der Waals surface area contributed by atoms with Crippen molar-refractivity contribution in [2.45, 2.75) is 43.4 Å². The monoisotopic (exact) mass is 468 g/mol. The van der Waals surface area contributed by atoms with Gasteiger partial charge in [0.2, 0.25) is 17.7 Å². The number of carbonyl (C=O) groups is 5. The summed E-state index contributed by atoms with van der Waals surface area (Å²) in [6.45, 7) is -0.858. The molecule has 0 aliphatic carbocycles. The number of carbonyl (C=O) groups excluding carboxylic acids is 3. The van der Waals surface area contributed by atoms with Crippen molar-refractivity contribution in [3.63, 3.8) is 0 Å². The second-order valence-electron chi connectivity index (χ2n) is 6.21. The first-order valence-electron chi connectivity index (χ1n) is 8.89. The number of rotatable bonds is 15. The molecule has 172 valence electrons. The van der Waals surface area contributed by atoms with Crippen molar-refractivity contribution < 1.29 is 39.3 Å². The van der Waals surface area contributed by atoms with Gasteiger partial charge in [-0.15, -0.1) is 0 Å². The van der Waals surface area contributed by atoms with E-state index in [2.05, 4.69) is 28.6 Å². The van der Waals surface area contributed by atoms with Crippen LogP contribution in [-0.4, -0.2) is 93.5 Å². The summed E-state index contributed by atoms with van der Waals surface area (Å²) in [7, 11) is 0. The molecule has 0 aliphatic heterocycles. The maximum absolute atomic E-state index is 12.5. The van der Waals surface area contributed by atoms with Crippen LogP contribution in [0.1, 0.15) is 19.3 Å². The Morgan fingerprint density at radius 1 is 0.933 bits per heavy atom. The van der Waals surface area contributed by atoms with Crippen LogP contribution in [0.4, 0.5) is 0 Å². The molecule has 0 fully saturated rings. The van der Waals surface area contributed by atoms with Gasteiger partial charge in [0, 0.05) is 12.2 Å². The Morgan fingerprint density at radius 3 is 1.93 bits per heavy atom. The standard InChI is InChI=1S/C16H28N4O8S2/c1-30-5-4-8(17)13(24)18-9(2-3-12(22)23)14(25)19-10(6-21)15(26)20-11(7-29)16(27)28/h8-11,21,29H,2-7,17H2,1H3,(H,18,24)(H,19,25)(H,20,26)(H,22,23)(H,27,28). The van der Waals surface area contributed by atoms with Crippen LogP contribution in [0, 0.1) is 0 Å². The van der Waals surface area contributed by atoms with Gasteiger partial charge in [-0.25, -0.2) is 4.79 Å². The summed E-state index contributed by atoms with van der Waals surface area (Å²) in [6, 6.07) is -5.10. The zero-order valence-electron chi connectivity index (χ0n) is 16.4. The van der Waals surface area contributed by atoms with E-state index in [0.29, 0.717) is 12.2 Å². The number of nitrogens with one attached hydrogen (secondary N) is 3. The lowest BCUT2D eigenvalue weighted by atomic mass is 10.1. The van der Waals surface area contributed by atoms with E-state index in [4.69, 9.17) is 15.9 Å². The summed E-state index contributed by atoms with van der Waals surface area (Å²) in [4.78, 5) is 58.7. The van der Waals surface area contributed by atoms with Crippen LogP contribution in [0.2, 0.25) is 0 Å². The number of thiol groups is 1. The highest BCUT2D eigenvalue weighted by Gasteiger charge is 2.29. The summed E-state index contributed by atoms with van der Waals surface area (Å²) in [6.07, 6.45) is 1.43. The molecule has 0 heterocycles. The normalized spacial score (nSPS) is 14.7. The number of hydrogen-bond acceptors (Lipinski definition) is 9. The van der Waals surface area contributed by atoms with Crippen molar-refractivity contribution in [3.05, 3.63) is 0 Å². The molecule has 0 aromatic carbocycles. The molecule has 3 amide bonds. The van der Waals surface area contributed by atoms with Crippen molar-refractivity contribution in [1.29, 1.82) is 0 Å². The topological polar surface area (TPSA) is 208 Å². The molecule has 0 saturated carbocycles. The number of thioether (sulfide) groups is 1. The lowest BCUT2D eigenvalue weighted by Gasteiger charge is -2.23. The summed E-state index contributed by atoms with van der Waals surface area (Å²) >= 11 is 5.27. The van der Waals surface area contributed by atoms with E-state index >= 15 is 0 Å². The van der Waals surface area contributed by atoms with Gasteiger partial charge in [0.25, 0.3) is 0 Å². The molecule has 0 bridgehead atoms. The van der Waals surface area contributed by atoms with E-state index in [1.807, 2.05) is 6.26 Å². The third kappa shape index (κ3) is 10.7. The largest absolute Gasteiger partial charge is 0.481 e. The maximum atomic E-state index is 12.5. The van der Waals surface area contributed by atoms with Crippen LogP contribution in [0.3, 0.4) is 0 Å². The summed E-state index contributed by atoms with van der Waals surface area (Å²) in [5.74, 6) is -4.75. The molecule has 0 rings (SSSR count). The molecular formula is C16H28N4O8S2. The van der Waals surface area contributed by atoms with Crippen LogP contribution in [0.15, 0.2) is 0 Å². The Balaban J connectivity index is 5.17. The number of aliphatic hydroxyl groups is 1. The minimum Gasteiger partial charge on any atom is -0.481 e. The molecule has 4 atom stereocenters. The molecule has 14 heteroatoms. The highest BCUT2D eigenvalue weighted by Crippen LogP contribution is 2.03. The number of hydrogen-bond donors (Lipinski definition) is 8. The number of carboxylic acids is 2. The summed E-state index contributed by atoms with van der Waals surface area (Å²) < 4.78 is 0. The molecule has 0 aromatic heterocycles. The molecule has 0 saturated heterocycles. The van der Waals surface area contributed by atoms with Gasteiger partial charge >= 0.3 is 11.9 Å². The lowest BCUT2D eigenvalue weighted by molar-refractivity contribution is -0.142. The van der Waals surface area contributed by atoms with Gasteiger partial charge in [-0.1, -0.05) is 0 Å². The second kappa shape index (κ2) is 14.9. The molecule has 8 N–H and O–H groups in total. The number of aliphatic hydroxyl groups excluding tert-OH is 1. The van der Waals surface area contributed by atoms with Crippen molar-refractivity contribution in [2.24, 2.45) is 5.73 Å². The fraction of sp³-hybridized carbons (Fsp3) is 0.688. The molecule has 0 aliphatic rings. The fourth-order valence-electron chi connectivity index (χ4n) is 2.12. The molecule has 0 radical (unpaired) electrons. The first kappa shape index (κ1) is 28.0. The van der Waals surface area contributed by atoms with Gasteiger partial charge < -0.3 is 37.0 Å². The molecule has 30 heavy (non-hydrogen) atoms. The van der Waals surface area contributed by atoms with E-state index < -0.39 is 66.9 Å². The average molecular weight is 469 g/mol. The Morgan fingerprint density at radius 2 is 1.47 bits per heavy atom. The minimum absolute atomic E-state index is 0.224. The van der Waals surface area contributed by atoms with Crippen LogP contribution in [0.25, 0.3) is 0 Å². The van der Waals surface area contributed by atoms with Crippen molar-refractivity contribution in [3.8, 4) is 0 Å². The number of amides is 3. The molecule has 12 nitrogen and oxygen atoms in total. The highest BCUT2D eigenvalue weighted by molar-refractivity contribution is 7.98. The van der Waals surface area contributed by atoms with Gasteiger partial charge in [-0.2, -0.15) is 24.4 Å². The van der Waals surface area contributed by atoms with Gasteiger partial charge in [0.1, 0.15) is 18.1 Å². The number of aliphatic carboxylic acids is 2. The summed E-state index contributed by atoms with van der Waals surface area (Å²) in [5.41, 5.74) is 5.74. The van der Waals surface area contributed by atoms with Crippen LogP contribution >= 0.6 is 24.4 Å². The molecule has 4 unspecified atom stereocenters. The quantitative estimate of drug-likeness (QED) is 0.117. The van der Waals surface area contributed by atoms with E-state index in [1.165, 1.54) is 11.8 Å². The van der Waals surface area contributed by atoms with Gasteiger partial charge in [0.15, 0.2) is 0 Å². The van der Waals surface area contributed by atoms with Gasteiger partial charge in [0.05, 0.1) is 12.6 Å². The first-order chi connectivity index (χ1) is 14.1. The average Bonchev–Trinajstić information content (AvgIpc) is 2.70. The highest BCUT2D eigenvalue weighted by atomic mass is 32.2. The van der Waals surface area contributed by atoms with Crippen LogP contribution < -0.4 is 21.7 Å². The van der Waals surface area contributed by atoms with Crippen LogP contribution in [-0.2, 0) is 24.0 Å². The molecule has 0 spiro atoms. The molecule has 0 aromatic rings. The smallest absolute Gasteiger partial charge is 0.327 e. The van der Waals surface area contributed by atoms with Crippen molar-refractivity contribution >= 4 is 54.1 Å². The Kier molecular flexibility index (Phi) is 13.9. The third-order valence-corrected chi connectivity index (χ3v) is 4.87. The SMILES string of the molecule is CSCCC(N)C(=O)NC(CCC(=O)O)C(=O)NC(CO)C(=O)NC(CS)C(=O)O. The zero-order chi connectivity index (χ0) is 23.3. The number of carboxylic acid groups (broad SMARTS) is 2. The molecular weight excluding hydrogens is 440 g/mol. The third-order valence-electron chi connectivity index (χ3n) is 3.86. The van der Waals surface area contributed by atoms with Gasteiger partial charge in [-0.05, 0) is 24.9 Å². The number of nitrogens with two attached hydrogens (primary N) is 1. The first-order valence-corrected chi connectivity index (χ1v) is 10.9. The Bertz CT molecular complexity index is 622. The van der Waals surface area contributed by atoms with Gasteiger partial charge in [-0.3, -0.25) is 19.2 Å². The van der Waals surface area contributed by atoms with E-state index in [-0.39, 0.29) is 12.2 Å². The zero-order valence-corrected chi connectivity index (χ0v) is 18.1. The predicted molar refractivity (Wildman–Crippen MR) is 112 cm³/mol. The Labute approximate surface area is 183 Å². The van der Waals surface area contributed by atoms with E-state index in [9.17, 15) is 29.1 Å². The summed E-state index contributed by atoms with van der Waals surface area (Å²) in [5, 5.41) is 33.8. The second-order valence-corrected chi connectivity index (χ2v) is 7.56. The van der Waals surface area contributed by atoms with E-state index in [1.54, 1.807) is 0 Å².